The first-order chi connectivity index (χ1) is 14.6. The molecule has 7 heteroatoms. The van der Waals surface area contributed by atoms with Crippen LogP contribution in [0.5, 0.6) is 5.75 Å². The molecule has 1 atom stereocenters. The molecule has 3 aromatic rings. The largest absolute Gasteiger partial charge is 0.484 e. The second-order valence-electron chi connectivity index (χ2n) is 7.32. The third-order valence-electron chi connectivity index (χ3n) is 5.11. The number of carbonyl (C=O) groups is 1. The van der Waals surface area contributed by atoms with Crippen molar-refractivity contribution in [1.82, 2.24) is 9.88 Å². The quantitative estimate of drug-likeness (QED) is 0.590. The van der Waals surface area contributed by atoms with Crippen molar-refractivity contribution in [3.63, 3.8) is 0 Å². The van der Waals surface area contributed by atoms with Gasteiger partial charge in [0.1, 0.15) is 29.2 Å². The molecule has 156 valence electrons. The fourth-order valence-electron chi connectivity index (χ4n) is 3.68. The summed E-state index contributed by atoms with van der Waals surface area (Å²) in [4.78, 5) is 18.9. The summed E-state index contributed by atoms with van der Waals surface area (Å²) in [7, 11) is 0. The monoisotopic (exact) mass is 412 g/mol. The zero-order chi connectivity index (χ0) is 20.9. The summed E-state index contributed by atoms with van der Waals surface area (Å²) in [5, 5.41) is 0. The van der Waals surface area contributed by atoms with Crippen molar-refractivity contribution >= 4 is 5.91 Å². The van der Waals surface area contributed by atoms with Crippen molar-refractivity contribution in [2.45, 2.75) is 31.7 Å². The summed E-state index contributed by atoms with van der Waals surface area (Å²) < 4.78 is 38.1. The van der Waals surface area contributed by atoms with Crippen LogP contribution in [0.25, 0.3) is 0 Å². The van der Waals surface area contributed by atoms with Crippen molar-refractivity contribution in [2.24, 2.45) is 0 Å². The number of hydrogen-bond donors (Lipinski definition) is 0. The second-order valence-corrected chi connectivity index (χ2v) is 7.32. The normalized spacial score (nSPS) is 16.5. The Morgan fingerprint density at radius 2 is 1.93 bits per heavy atom. The average molecular weight is 412 g/mol. The van der Waals surface area contributed by atoms with Crippen molar-refractivity contribution in [2.75, 3.05) is 13.2 Å². The van der Waals surface area contributed by atoms with E-state index in [1.54, 1.807) is 23.2 Å². The molecule has 4 rings (SSSR count). The van der Waals surface area contributed by atoms with E-state index in [0.717, 1.165) is 24.8 Å². The highest BCUT2D eigenvalue weighted by molar-refractivity contribution is 5.78. The van der Waals surface area contributed by atoms with Crippen molar-refractivity contribution in [1.29, 1.82) is 0 Å². The van der Waals surface area contributed by atoms with E-state index in [1.165, 1.54) is 30.3 Å². The highest BCUT2D eigenvalue weighted by atomic mass is 19.1. The van der Waals surface area contributed by atoms with E-state index >= 15 is 0 Å². The van der Waals surface area contributed by atoms with Crippen molar-refractivity contribution < 1.29 is 22.7 Å². The van der Waals surface area contributed by atoms with Gasteiger partial charge in [-0.25, -0.2) is 13.8 Å². The van der Waals surface area contributed by atoms with E-state index in [1.807, 2.05) is 6.07 Å². The Morgan fingerprint density at radius 3 is 2.73 bits per heavy atom. The van der Waals surface area contributed by atoms with Gasteiger partial charge < -0.3 is 14.1 Å². The molecule has 0 saturated carbocycles. The number of halogens is 2. The summed E-state index contributed by atoms with van der Waals surface area (Å²) in [5.41, 5.74) is 0.790. The van der Waals surface area contributed by atoms with E-state index in [9.17, 15) is 13.6 Å². The average Bonchev–Trinajstić information content (AvgIpc) is 3.20. The number of rotatable bonds is 6. The topological polar surface area (TPSA) is 55.6 Å². The number of piperidine rings is 1. The van der Waals surface area contributed by atoms with Crippen LogP contribution in [0.15, 0.2) is 59.1 Å². The van der Waals surface area contributed by atoms with Gasteiger partial charge >= 0.3 is 0 Å². The van der Waals surface area contributed by atoms with Gasteiger partial charge in [-0.05, 0) is 49.1 Å². The van der Waals surface area contributed by atoms with Crippen molar-refractivity contribution in [3.8, 4) is 5.75 Å². The molecule has 0 bridgehead atoms. The van der Waals surface area contributed by atoms with Gasteiger partial charge in [-0.2, -0.15) is 0 Å². The van der Waals surface area contributed by atoms with Crippen LogP contribution in [0.3, 0.4) is 0 Å². The molecular weight excluding hydrogens is 390 g/mol. The van der Waals surface area contributed by atoms with Crippen LogP contribution in [0.4, 0.5) is 8.78 Å². The molecule has 1 fully saturated rings. The number of hydrogen-bond acceptors (Lipinski definition) is 4. The number of aromatic nitrogens is 1. The van der Waals surface area contributed by atoms with Crippen LogP contribution in [0.1, 0.15) is 42.5 Å². The predicted molar refractivity (Wildman–Crippen MR) is 106 cm³/mol. The molecule has 1 amide bonds. The lowest BCUT2D eigenvalue weighted by atomic mass is 10.0. The molecule has 1 aromatic heterocycles. The minimum Gasteiger partial charge on any atom is -0.484 e. The molecule has 2 heterocycles. The summed E-state index contributed by atoms with van der Waals surface area (Å²) >= 11 is 0. The fourth-order valence-corrected chi connectivity index (χ4v) is 3.68. The lowest BCUT2D eigenvalue weighted by Crippen LogP contribution is -2.41. The second kappa shape index (κ2) is 9.07. The Labute approximate surface area is 173 Å². The van der Waals surface area contributed by atoms with Crippen LogP contribution >= 0.6 is 0 Å². The van der Waals surface area contributed by atoms with E-state index in [4.69, 9.17) is 9.15 Å². The van der Waals surface area contributed by atoms with Gasteiger partial charge in [0.25, 0.3) is 5.91 Å². The summed E-state index contributed by atoms with van der Waals surface area (Å²) in [5.74, 6) is 0.486. The Balaban J connectivity index is 1.43. The Bertz CT molecular complexity index is 1020. The standard InChI is InChI=1S/C23H22F2N2O3/c24-17-6-3-5-16(11-17)12-20-14-26-23(30-20)21-9-1-2-10-27(21)22(28)15-29-19-8-4-7-18(25)13-19/h3-8,11,13-14,21H,1-2,9-10,12,15H2/t21-/m1/s1. The van der Waals surface area contributed by atoms with Crippen LogP contribution in [0.2, 0.25) is 0 Å². The molecule has 5 nitrogen and oxygen atoms in total. The van der Waals surface area contributed by atoms with Gasteiger partial charge in [0.2, 0.25) is 5.89 Å². The first-order valence-corrected chi connectivity index (χ1v) is 9.95. The SMILES string of the molecule is O=C(COc1cccc(F)c1)N1CCCC[C@@H]1c1ncc(Cc2cccc(F)c2)o1. The number of oxazole rings is 1. The molecule has 0 unspecified atom stereocenters. The maximum absolute atomic E-state index is 13.4. The lowest BCUT2D eigenvalue weighted by Gasteiger charge is -2.33. The molecule has 1 aliphatic rings. The van der Waals surface area contributed by atoms with Crippen LogP contribution < -0.4 is 4.74 Å². The zero-order valence-electron chi connectivity index (χ0n) is 16.4. The smallest absolute Gasteiger partial charge is 0.261 e. The predicted octanol–water partition coefficient (Wildman–Crippen LogP) is 4.68. The lowest BCUT2D eigenvalue weighted by molar-refractivity contribution is -0.137. The van der Waals surface area contributed by atoms with E-state index in [2.05, 4.69) is 4.98 Å². The van der Waals surface area contributed by atoms with E-state index in [-0.39, 0.29) is 24.4 Å². The van der Waals surface area contributed by atoms with Crippen LogP contribution in [0, 0.1) is 11.6 Å². The van der Waals surface area contributed by atoms with Crippen LogP contribution in [-0.4, -0.2) is 28.9 Å². The maximum atomic E-state index is 13.4. The number of carbonyl (C=O) groups excluding carboxylic acids is 1. The van der Waals surface area contributed by atoms with Gasteiger partial charge in [0.05, 0.1) is 6.20 Å². The van der Waals surface area contributed by atoms with Crippen LogP contribution in [-0.2, 0) is 11.2 Å². The van der Waals surface area contributed by atoms with Gasteiger partial charge in [-0.15, -0.1) is 0 Å². The molecule has 0 radical (unpaired) electrons. The molecule has 0 spiro atoms. The third kappa shape index (κ3) is 4.84. The van der Waals surface area contributed by atoms with Gasteiger partial charge in [0, 0.05) is 19.0 Å². The molecule has 1 saturated heterocycles. The molecule has 0 aliphatic carbocycles. The number of nitrogens with zero attached hydrogens (tertiary/aromatic N) is 2. The van der Waals surface area contributed by atoms with E-state index < -0.39 is 5.82 Å². The van der Waals surface area contributed by atoms with Gasteiger partial charge in [0.15, 0.2) is 6.61 Å². The molecule has 2 aromatic carbocycles. The Morgan fingerprint density at radius 1 is 1.13 bits per heavy atom. The minimum absolute atomic E-state index is 0.184. The van der Waals surface area contributed by atoms with Gasteiger partial charge in [-0.1, -0.05) is 18.2 Å². The number of likely N-dealkylation sites (tertiary alicyclic amines) is 1. The highest BCUT2D eigenvalue weighted by Crippen LogP contribution is 2.31. The van der Waals surface area contributed by atoms with Gasteiger partial charge in [-0.3, -0.25) is 4.79 Å². The number of amides is 1. The third-order valence-corrected chi connectivity index (χ3v) is 5.11. The molecule has 1 aliphatic heterocycles. The summed E-state index contributed by atoms with van der Waals surface area (Å²) in [6.45, 7) is 0.397. The first-order valence-electron chi connectivity index (χ1n) is 9.95. The number of ether oxygens (including phenoxy) is 1. The Hall–Kier alpha value is -3.22. The Kier molecular flexibility index (Phi) is 6.07. The number of benzene rings is 2. The summed E-state index contributed by atoms with van der Waals surface area (Å²) in [6, 6.07) is 11.8. The minimum atomic E-state index is -0.415. The molecular formula is C23H22F2N2O3. The van der Waals surface area contributed by atoms with E-state index in [0.29, 0.717) is 30.4 Å². The highest BCUT2D eigenvalue weighted by Gasteiger charge is 2.31. The fraction of sp³-hybridized carbons (Fsp3) is 0.304. The zero-order valence-corrected chi connectivity index (χ0v) is 16.4. The van der Waals surface area contributed by atoms with Crippen molar-refractivity contribution in [3.05, 3.63) is 83.6 Å². The summed E-state index contributed by atoms with van der Waals surface area (Å²) in [6.07, 6.45) is 4.64. The maximum Gasteiger partial charge on any atom is 0.261 e. The first kappa shape index (κ1) is 20.1. The molecule has 30 heavy (non-hydrogen) atoms. The molecule has 0 N–H and O–H groups in total.